The Morgan fingerprint density at radius 2 is 2.09 bits per heavy atom. The first-order valence-electron chi connectivity index (χ1n) is 10.6. The van der Waals surface area contributed by atoms with E-state index in [9.17, 15) is 9.59 Å². The van der Waals surface area contributed by atoms with Gasteiger partial charge in [0.25, 0.3) is 11.8 Å². The SMILES string of the molecule is CCC1(CCOc2ncccc2C(N)=O)CC(NC(=O)c2cn3cc(OC)ccc3n2)C1. The number of hydrogen-bond acceptors (Lipinski definition) is 6. The molecule has 168 valence electrons. The largest absolute Gasteiger partial charge is 0.495 e. The van der Waals surface area contributed by atoms with Gasteiger partial charge in [0.05, 0.1) is 19.9 Å². The van der Waals surface area contributed by atoms with Crippen LogP contribution in [0.25, 0.3) is 5.65 Å². The summed E-state index contributed by atoms with van der Waals surface area (Å²) >= 11 is 0. The number of imidazole rings is 1. The zero-order valence-electron chi connectivity index (χ0n) is 18.2. The van der Waals surface area contributed by atoms with Crippen molar-refractivity contribution in [1.82, 2.24) is 19.7 Å². The van der Waals surface area contributed by atoms with Crippen LogP contribution in [0.15, 0.2) is 42.9 Å². The second kappa shape index (κ2) is 8.86. The van der Waals surface area contributed by atoms with Crippen molar-refractivity contribution in [3.63, 3.8) is 0 Å². The van der Waals surface area contributed by atoms with Gasteiger partial charge in [-0.1, -0.05) is 13.3 Å². The maximum atomic E-state index is 12.7. The summed E-state index contributed by atoms with van der Waals surface area (Å²) in [7, 11) is 1.60. The Bertz CT molecular complexity index is 1140. The number of methoxy groups -OCH3 is 1. The molecule has 0 saturated heterocycles. The van der Waals surface area contributed by atoms with Gasteiger partial charge < -0.3 is 24.9 Å². The molecule has 0 aliphatic heterocycles. The van der Waals surface area contributed by atoms with Crippen LogP contribution < -0.4 is 20.5 Å². The van der Waals surface area contributed by atoms with Crippen molar-refractivity contribution in [3.05, 3.63) is 54.1 Å². The Balaban J connectivity index is 1.31. The van der Waals surface area contributed by atoms with E-state index in [0.717, 1.165) is 25.7 Å². The fourth-order valence-corrected chi connectivity index (χ4v) is 4.28. The zero-order valence-corrected chi connectivity index (χ0v) is 18.2. The van der Waals surface area contributed by atoms with Gasteiger partial charge in [0.1, 0.15) is 22.7 Å². The molecule has 0 atom stereocenters. The second-order valence-electron chi connectivity index (χ2n) is 8.21. The Kier molecular flexibility index (Phi) is 5.98. The highest BCUT2D eigenvalue weighted by Gasteiger charge is 2.43. The van der Waals surface area contributed by atoms with Crippen LogP contribution >= 0.6 is 0 Å². The molecule has 3 N–H and O–H groups in total. The van der Waals surface area contributed by atoms with Crippen molar-refractivity contribution in [2.45, 2.75) is 38.6 Å². The number of pyridine rings is 2. The van der Waals surface area contributed by atoms with Crippen molar-refractivity contribution in [1.29, 1.82) is 0 Å². The summed E-state index contributed by atoms with van der Waals surface area (Å²) in [5.74, 6) is 0.219. The molecular weight excluding hydrogens is 410 g/mol. The molecule has 1 saturated carbocycles. The number of fused-ring (bicyclic) bond motifs is 1. The zero-order chi connectivity index (χ0) is 22.7. The van der Waals surface area contributed by atoms with Crippen LogP contribution in [0.2, 0.25) is 0 Å². The van der Waals surface area contributed by atoms with Crippen molar-refractivity contribution in [2.75, 3.05) is 13.7 Å². The van der Waals surface area contributed by atoms with Crippen LogP contribution in [0, 0.1) is 5.41 Å². The van der Waals surface area contributed by atoms with Gasteiger partial charge in [-0.3, -0.25) is 9.59 Å². The number of nitrogens with two attached hydrogens (primary N) is 1. The van der Waals surface area contributed by atoms with Crippen LogP contribution in [0.4, 0.5) is 0 Å². The molecule has 0 spiro atoms. The third kappa shape index (κ3) is 4.37. The van der Waals surface area contributed by atoms with Crippen molar-refractivity contribution in [3.8, 4) is 11.6 Å². The topological polar surface area (TPSA) is 121 Å². The standard InChI is InChI=1S/C23H27N5O4/c1-3-23(8-10-32-22-17(20(24)29)5-4-9-25-22)11-15(12-23)26-21(30)18-14-28-13-16(31-2)6-7-19(28)27-18/h4-7,9,13-15H,3,8,10-12H2,1-2H3,(H2,24,29)(H,26,30). The fraction of sp³-hybridized carbons (Fsp3) is 0.391. The average Bonchev–Trinajstić information content (AvgIpc) is 3.20. The van der Waals surface area contributed by atoms with Gasteiger partial charge in [0, 0.05) is 18.4 Å². The van der Waals surface area contributed by atoms with Gasteiger partial charge in [0.2, 0.25) is 5.88 Å². The molecule has 0 radical (unpaired) electrons. The normalized spacial score (nSPS) is 19.9. The Labute approximate surface area is 185 Å². The summed E-state index contributed by atoms with van der Waals surface area (Å²) in [5, 5.41) is 3.08. The molecule has 3 heterocycles. The van der Waals surface area contributed by atoms with Gasteiger partial charge in [-0.25, -0.2) is 9.97 Å². The Morgan fingerprint density at radius 3 is 2.81 bits per heavy atom. The average molecular weight is 438 g/mol. The highest BCUT2D eigenvalue weighted by atomic mass is 16.5. The summed E-state index contributed by atoms with van der Waals surface area (Å²) < 4.78 is 12.7. The first-order valence-corrected chi connectivity index (χ1v) is 10.6. The number of ether oxygens (including phenoxy) is 2. The molecule has 9 heteroatoms. The number of hydrogen-bond donors (Lipinski definition) is 2. The van der Waals surface area contributed by atoms with E-state index in [1.165, 1.54) is 0 Å². The van der Waals surface area contributed by atoms with Crippen molar-refractivity contribution in [2.24, 2.45) is 11.1 Å². The van der Waals surface area contributed by atoms with Crippen LogP contribution in [0.3, 0.4) is 0 Å². The summed E-state index contributed by atoms with van der Waals surface area (Å²) in [4.78, 5) is 32.7. The van der Waals surface area contributed by atoms with E-state index in [0.29, 0.717) is 23.7 Å². The van der Waals surface area contributed by atoms with E-state index < -0.39 is 5.91 Å². The predicted octanol–water partition coefficient (Wildman–Crippen LogP) is 2.59. The lowest BCUT2D eigenvalue weighted by Crippen LogP contribution is -2.51. The summed E-state index contributed by atoms with van der Waals surface area (Å²) in [5.41, 5.74) is 6.81. The van der Waals surface area contributed by atoms with Crippen molar-refractivity contribution >= 4 is 17.5 Å². The van der Waals surface area contributed by atoms with Crippen molar-refractivity contribution < 1.29 is 19.1 Å². The van der Waals surface area contributed by atoms with Gasteiger partial charge in [-0.2, -0.15) is 0 Å². The van der Waals surface area contributed by atoms with Gasteiger partial charge in [0.15, 0.2) is 0 Å². The molecular formula is C23H27N5O4. The minimum atomic E-state index is -0.560. The molecule has 4 rings (SSSR count). The van der Waals surface area contributed by atoms with E-state index in [1.807, 2.05) is 12.1 Å². The molecule has 0 aromatic carbocycles. The third-order valence-corrected chi connectivity index (χ3v) is 6.24. The number of amides is 2. The summed E-state index contributed by atoms with van der Waals surface area (Å²) in [6.07, 6.45) is 8.57. The maximum Gasteiger partial charge on any atom is 0.271 e. The predicted molar refractivity (Wildman–Crippen MR) is 118 cm³/mol. The van der Waals surface area contributed by atoms with E-state index in [-0.39, 0.29) is 28.8 Å². The lowest BCUT2D eigenvalue weighted by atomic mass is 9.62. The number of aromatic nitrogens is 3. The number of carbonyl (C=O) groups is 2. The molecule has 1 aliphatic rings. The lowest BCUT2D eigenvalue weighted by molar-refractivity contribution is 0.0449. The van der Waals surface area contributed by atoms with E-state index in [2.05, 4.69) is 22.2 Å². The van der Waals surface area contributed by atoms with E-state index >= 15 is 0 Å². The third-order valence-electron chi connectivity index (χ3n) is 6.24. The minimum Gasteiger partial charge on any atom is -0.495 e. The number of nitrogens with one attached hydrogen (secondary N) is 1. The molecule has 3 aromatic rings. The van der Waals surface area contributed by atoms with Crippen LogP contribution in [-0.4, -0.2) is 45.9 Å². The quantitative estimate of drug-likeness (QED) is 0.531. The Hall–Kier alpha value is -3.62. The molecule has 1 fully saturated rings. The van der Waals surface area contributed by atoms with Crippen LogP contribution in [-0.2, 0) is 0 Å². The smallest absolute Gasteiger partial charge is 0.271 e. The highest BCUT2D eigenvalue weighted by Crippen LogP contribution is 2.47. The minimum absolute atomic E-state index is 0.0892. The molecule has 32 heavy (non-hydrogen) atoms. The number of nitrogens with zero attached hydrogens (tertiary/aromatic N) is 3. The molecule has 2 amide bonds. The number of primary amides is 1. The highest BCUT2D eigenvalue weighted by molar-refractivity contribution is 5.95. The monoisotopic (exact) mass is 437 g/mol. The molecule has 1 aliphatic carbocycles. The van der Waals surface area contributed by atoms with Crippen LogP contribution in [0.1, 0.15) is 53.5 Å². The van der Waals surface area contributed by atoms with Gasteiger partial charge >= 0.3 is 0 Å². The first kappa shape index (κ1) is 21.6. The second-order valence-corrected chi connectivity index (χ2v) is 8.21. The molecule has 9 nitrogen and oxygen atoms in total. The molecule has 0 bridgehead atoms. The number of rotatable bonds is 9. The Morgan fingerprint density at radius 1 is 1.28 bits per heavy atom. The van der Waals surface area contributed by atoms with Gasteiger partial charge in [-0.15, -0.1) is 0 Å². The summed E-state index contributed by atoms with van der Waals surface area (Å²) in [6.45, 7) is 2.57. The van der Waals surface area contributed by atoms with E-state index in [1.54, 1.807) is 42.2 Å². The lowest BCUT2D eigenvalue weighted by Gasteiger charge is -2.47. The summed E-state index contributed by atoms with van der Waals surface area (Å²) in [6, 6.07) is 6.97. The molecule has 0 unspecified atom stereocenters. The fourth-order valence-electron chi connectivity index (χ4n) is 4.28. The van der Waals surface area contributed by atoms with Gasteiger partial charge in [-0.05, 0) is 48.9 Å². The van der Waals surface area contributed by atoms with E-state index in [4.69, 9.17) is 15.2 Å². The van der Waals surface area contributed by atoms with Crippen LogP contribution in [0.5, 0.6) is 11.6 Å². The number of carbonyl (C=O) groups excluding carboxylic acids is 2. The molecule has 3 aromatic heterocycles. The maximum absolute atomic E-state index is 12.7. The first-order chi connectivity index (χ1) is 15.4.